The van der Waals surface area contributed by atoms with Crippen LogP contribution in [0.25, 0.3) is 0 Å². The maximum Gasteiger partial charge on any atom is 0.324 e. The number of phenolic OH excluding ortho intramolecular Hbond substituents is 1. The number of nitrogens with zero attached hydrogens (tertiary/aromatic N) is 3. The first kappa shape index (κ1) is 47.0. The summed E-state index contributed by atoms with van der Waals surface area (Å²) in [5.41, 5.74) is -2.30. The van der Waals surface area contributed by atoms with Crippen LogP contribution >= 0.6 is 0 Å². The Labute approximate surface area is 345 Å². The molecule has 10 nitrogen and oxygen atoms in total. The molecule has 0 radical (unpaired) electrons. The van der Waals surface area contributed by atoms with Crippen LogP contribution in [0, 0.1) is 12.3 Å². The van der Waals surface area contributed by atoms with Gasteiger partial charge in [0.2, 0.25) is 0 Å². The second-order valence-corrected chi connectivity index (χ2v) is 22.9. The fourth-order valence-corrected chi connectivity index (χ4v) is 10.4. The largest absolute Gasteiger partial charge is 0.507 e. The average molecular weight is 798 g/mol. The van der Waals surface area contributed by atoms with Crippen LogP contribution in [0.2, 0.25) is 0 Å². The number of aryl methyl sites for hydroxylation is 1. The maximum absolute atomic E-state index is 15.3. The molecule has 0 saturated carbocycles. The Bertz CT molecular complexity index is 1570. The van der Waals surface area contributed by atoms with E-state index in [1.54, 1.807) is 6.07 Å². The minimum atomic E-state index is -2.07. The second kappa shape index (κ2) is 15.4. The molecular formula is C47H79N3O7. The number of esters is 3. The number of hydrogen-bond acceptors (Lipinski definition) is 10. The molecule has 3 heterocycles. The highest BCUT2D eigenvalue weighted by atomic mass is 16.6. The minimum absolute atomic E-state index is 0.160. The Morgan fingerprint density at radius 3 is 1.25 bits per heavy atom. The summed E-state index contributed by atoms with van der Waals surface area (Å²) < 4.78 is 19.4. The van der Waals surface area contributed by atoms with Gasteiger partial charge in [-0.2, -0.15) is 0 Å². The molecule has 0 amide bonds. The number of carbonyl (C=O) groups is 3. The number of piperidine rings is 3. The maximum atomic E-state index is 15.3. The van der Waals surface area contributed by atoms with E-state index in [0.717, 1.165) is 0 Å². The minimum Gasteiger partial charge on any atom is -0.507 e. The fourth-order valence-electron chi connectivity index (χ4n) is 10.4. The third-order valence-corrected chi connectivity index (χ3v) is 14.6. The Balaban J connectivity index is 1.87. The Kier molecular flexibility index (Phi) is 12.7. The zero-order valence-electron chi connectivity index (χ0n) is 39.3. The molecule has 3 aliphatic heterocycles. The van der Waals surface area contributed by atoms with Crippen LogP contribution in [0.15, 0.2) is 12.1 Å². The van der Waals surface area contributed by atoms with Crippen LogP contribution in [0.3, 0.4) is 0 Å². The Morgan fingerprint density at radius 2 is 0.930 bits per heavy atom. The summed E-state index contributed by atoms with van der Waals surface area (Å²) in [7, 11) is 6.27. The van der Waals surface area contributed by atoms with Gasteiger partial charge in [-0.15, -0.1) is 0 Å². The van der Waals surface area contributed by atoms with E-state index in [0.29, 0.717) is 55.2 Å². The number of rotatable bonds is 9. The van der Waals surface area contributed by atoms with Gasteiger partial charge in [-0.05, 0) is 140 Å². The standard InChI is InChI=1S/C47H79N3O7/c1-30-20-31(21-35(37(30)52)40(2,3)4)22-47(38(53)56-33-25-43(9,10)49(18)44(11,12)26-33,39(54)57-34-27-45(13,14)50(19)46(15,16)28-34)29-36(51)55-32-23-41(5,6)48(17)42(7,8)24-32/h20-21,32-34,52H,22-29H2,1-19H3. The molecule has 0 aromatic heterocycles. The summed E-state index contributed by atoms with van der Waals surface area (Å²) >= 11 is 0. The molecule has 57 heavy (non-hydrogen) atoms. The molecule has 4 rings (SSSR count). The normalized spacial score (nSPS) is 24.5. The highest BCUT2D eigenvalue weighted by molar-refractivity contribution is 6.03. The van der Waals surface area contributed by atoms with Crippen molar-refractivity contribution < 1.29 is 33.7 Å². The number of likely N-dealkylation sites (tertiary alicyclic amines) is 3. The van der Waals surface area contributed by atoms with E-state index in [1.807, 2.05) is 33.8 Å². The van der Waals surface area contributed by atoms with Crippen LogP contribution in [0.5, 0.6) is 5.75 Å². The number of benzene rings is 1. The molecule has 0 unspecified atom stereocenters. The first-order valence-corrected chi connectivity index (χ1v) is 21.2. The lowest BCUT2D eigenvalue weighted by atomic mass is 9.75. The van der Waals surface area contributed by atoms with Gasteiger partial charge in [0.25, 0.3) is 0 Å². The average Bonchev–Trinajstić information content (AvgIpc) is 3.01. The lowest BCUT2D eigenvalue weighted by Crippen LogP contribution is -2.62. The number of phenols is 1. The van der Waals surface area contributed by atoms with E-state index in [2.05, 4.69) is 119 Å². The van der Waals surface area contributed by atoms with Gasteiger partial charge in [0.05, 0.1) is 6.42 Å². The molecule has 3 fully saturated rings. The zero-order chi connectivity index (χ0) is 43.7. The van der Waals surface area contributed by atoms with Crippen molar-refractivity contribution in [3.05, 3.63) is 28.8 Å². The van der Waals surface area contributed by atoms with Gasteiger partial charge in [-0.3, -0.25) is 29.1 Å². The van der Waals surface area contributed by atoms with Crippen molar-refractivity contribution in [1.82, 2.24) is 14.7 Å². The fraction of sp³-hybridized carbons (Fsp3) is 0.809. The van der Waals surface area contributed by atoms with Crippen LogP contribution in [0.4, 0.5) is 0 Å². The zero-order valence-corrected chi connectivity index (χ0v) is 39.3. The Morgan fingerprint density at radius 1 is 0.614 bits per heavy atom. The van der Waals surface area contributed by atoms with E-state index < -0.39 is 53.5 Å². The number of ether oxygens (including phenoxy) is 3. The van der Waals surface area contributed by atoms with Crippen LogP contribution in [-0.4, -0.2) is 110 Å². The van der Waals surface area contributed by atoms with E-state index in [-0.39, 0.29) is 45.4 Å². The molecule has 3 saturated heterocycles. The van der Waals surface area contributed by atoms with Gasteiger partial charge >= 0.3 is 17.9 Å². The van der Waals surface area contributed by atoms with Crippen molar-refractivity contribution in [1.29, 1.82) is 0 Å². The van der Waals surface area contributed by atoms with Crippen molar-refractivity contribution in [2.75, 3.05) is 21.1 Å². The third-order valence-electron chi connectivity index (χ3n) is 14.6. The quantitative estimate of drug-likeness (QED) is 0.149. The third kappa shape index (κ3) is 9.86. The van der Waals surface area contributed by atoms with Crippen molar-refractivity contribution in [2.24, 2.45) is 5.41 Å². The second-order valence-electron chi connectivity index (χ2n) is 22.9. The molecule has 0 bridgehead atoms. The SMILES string of the molecule is Cc1cc(CC(CC(=O)OC2CC(C)(C)N(C)C(C)(C)C2)(C(=O)OC2CC(C)(C)N(C)C(C)(C)C2)C(=O)OC2CC(C)(C)N(C)C(C)(C)C2)cc(C(C)(C)C)c1O. The highest BCUT2D eigenvalue weighted by Crippen LogP contribution is 2.45. The number of hydrogen-bond donors (Lipinski definition) is 1. The van der Waals surface area contributed by atoms with Gasteiger partial charge in [0.1, 0.15) is 24.1 Å². The summed E-state index contributed by atoms with van der Waals surface area (Å²) in [5.74, 6) is -2.02. The molecule has 0 aliphatic carbocycles. The molecule has 10 heteroatoms. The molecule has 1 aromatic carbocycles. The van der Waals surface area contributed by atoms with Gasteiger partial charge in [0.15, 0.2) is 5.41 Å². The van der Waals surface area contributed by atoms with Gasteiger partial charge in [-0.1, -0.05) is 32.9 Å². The molecule has 3 aliphatic rings. The van der Waals surface area contributed by atoms with Gasteiger partial charge in [0, 0.05) is 71.8 Å². The Hall–Kier alpha value is -2.69. The van der Waals surface area contributed by atoms with Crippen LogP contribution in [-0.2, 0) is 40.4 Å². The van der Waals surface area contributed by atoms with E-state index in [4.69, 9.17) is 14.2 Å². The summed E-state index contributed by atoms with van der Waals surface area (Å²) in [6.07, 6.45) is 1.28. The van der Waals surface area contributed by atoms with E-state index in [1.165, 1.54) is 0 Å². The van der Waals surface area contributed by atoms with E-state index >= 15 is 9.59 Å². The summed E-state index contributed by atoms with van der Waals surface area (Å²) in [5, 5.41) is 11.2. The van der Waals surface area contributed by atoms with Crippen molar-refractivity contribution in [2.45, 2.75) is 219 Å². The molecule has 0 spiro atoms. The number of aromatic hydroxyl groups is 1. The molecule has 1 aromatic rings. The molecule has 324 valence electrons. The molecular weight excluding hydrogens is 719 g/mol. The molecule has 0 atom stereocenters. The van der Waals surface area contributed by atoms with Crippen molar-refractivity contribution in [3.8, 4) is 5.75 Å². The summed E-state index contributed by atoms with van der Waals surface area (Å²) in [6.45, 7) is 33.5. The lowest BCUT2D eigenvalue weighted by Gasteiger charge is -2.54. The summed E-state index contributed by atoms with van der Waals surface area (Å²) in [6, 6.07) is 3.66. The summed E-state index contributed by atoms with van der Waals surface area (Å²) in [4.78, 5) is 52.2. The van der Waals surface area contributed by atoms with E-state index in [9.17, 15) is 9.90 Å². The van der Waals surface area contributed by atoms with Crippen molar-refractivity contribution >= 4 is 17.9 Å². The van der Waals surface area contributed by atoms with Crippen LogP contribution in [0.1, 0.15) is 165 Å². The predicted molar refractivity (Wildman–Crippen MR) is 227 cm³/mol. The van der Waals surface area contributed by atoms with Crippen LogP contribution < -0.4 is 0 Å². The topological polar surface area (TPSA) is 109 Å². The monoisotopic (exact) mass is 798 g/mol. The molecule has 1 N–H and O–H groups in total. The highest BCUT2D eigenvalue weighted by Gasteiger charge is 2.56. The predicted octanol–water partition coefficient (Wildman–Crippen LogP) is 8.50. The smallest absolute Gasteiger partial charge is 0.324 e. The van der Waals surface area contributed by atoms with Gasteiger partial charge in [-0.25, -0.2) is 0 Å². The van der Waals surface area contributed by atoms with Crippen molar-refractivity contribution in [3.63, 3.8) is 0 Å². The first-order chi connectivity index (χ1) is 25.6. The van der Waals surface area contributed by atoms with Gasteiger partial charge < -0.3 is 19.3 Å². The number of carbonyl (C=O) groups excluding carboxylic acids is 3. The lowest BCUT2D eigenvalue weighted by molar-refractivity contribution is -0.192. The first-order valence-electron chi connectivity index (χ1n) is 21.2.